The maximum atomic E-state index is 12.9. The number of halogens is 1. The minimum absolute atomic E-state index is 0.0534. The molecule has 0 spiro atoms. The van der Waals surface area contributed by atoms with Gasteiger partial charge in [-0.15, -0.1) is 0 Å². The predicted molar refractivity (Wildman–Crippen MR) is 76.5 cm³/mol. The molecular formula is C16H16FNO2. The third-order valence-electron chi connectivity index (χ3n) is 2.99. The zero-order chi connectivity index (χ0) is 14.5. The molecule has 0 radical (unpaired) electrons. The molecule has 20 heavy (non-hydrogen) atoms. The van der Waals surface area contributed by atoms with Crippen LogP contribution >= 0.6 is 0 Å². The van der Waals surface area contributed by atoms with E-state index >= 15 is 0 Å². The monoisotopic (exact) mass is 273 g/mol. The normalized spacial score (nSPS) is 10.3. The Morgan fingerprint density at radius 2 is 2.00 bits per heavy atom. The summed E-state index contributed by atoms with van der Waals surface area (Å²) in [4.78, 5) is 12.1. The minimum Gasteiger partial charge on any atom is -0.507 e. The first kappa shape index (κ1) is 14.1. The van der Waals surface area contributed by atoms with Gasteiger partial charge in [-0.3, -0.25) is 4.79 Å². The van der Waals surface area contributed by atoms with Crippen molar-refractivity contribution >= 4 is 11.6 Å². The molecule has 0 aromatic heterocycles. The molecule has 3 nitrogen and oxygen atoms in total. The van der Waals surface area contributed by atoms with Crippen LogP contribution in [0, 0.1) is 5.82 Å². The molecule has 0 aliphatic carbocycles. The van der Waals surface area contributed by atoms with Crippen LogP contribution in [0.25, 0.3) is 0 Å². The molecule has 2 N–H and O–H groups in total. The summed E-state index contributed by atoms with van der Waals surface area (Å²) in [5, 5.41) is 12.4. The Morgan fingerprint density at radius 1 is 1.25 bits per heavy atom. The highest BCUT2D eigenvalue weighted by Gasteiger charge is 2.13. The summed E-state index contributed by atoms with van der Waals surface area (Å²) < 4.78 is 12.9. The molecule has 4 heteroatoms. The van der Waals surface area contributed by atoms with Gasteiger partial charge in [-0.25, -0.2) is 4.39 Å². The zero-order valence-electron chi connectivity index (χ0n) is 11.2. The Morgan fingerprint density at radius 3 is 2.70 bits per heavy atom. The van der Waals surface area contributed by atoms with Gasteiger partial charge in [0, 0.05) is 11.8 Å². The topological polar surface area (TPSA) is 49.3 Å². The van der Waals surface area contributed by atoms with Crippen molar-refractivity contribution in [1.82, 2.24) is 0 Å². The standard InChI is InChI=1S/C16H16FNO2/c1-2-5-11-6-3-4-7-14(11)18-16(20)13-9-8-12(17)10-15(13)19/h3-4,6-10,19H,2,5H2,1H3,(H,18,20). The van der Waals surface area contributed by atoms with Gasteiger partial charge in [-0.05, 0) is 30.2 Å². The molecule has 1 amide bonds. The molecule has 0 fully saturated rings. The summed E-state index contributed by atoms with van der Waals surface area (Å²) in [5.41, 5.74) is 1.80. The van der Waals surface area contributed by atoms with Gasteiger partial charge in [0.15, 0.2) is 0 Å². The van der Waals surface area contributed by atoms with Gasteiger partial charge < -0.3 is 10.4 Å². The lowest BCUT2D eigenvalue weighted by Crippen LogP contribution is -2.13. The molecule has 104 valence electrons. The minimum atomic E-state index is -0.578. The number of benzene rings is 2. The quantitative estimate of drug-likeness (QED) is 0.891. The number of aromatic hydroxyl groups is 1. The lowest BCUT2D eigenvalue weighted by atomic mass is 10.1. The fourth-order valence-electron chi connectivity index (χ4n) is 2.02. The number of nitrogens with one attached hydrogen (secondary N) is 1. The van der Waals surface area contributed by atoms with Crippen LogP contribution in [0.1, 0.15) is 29.3 Å². The molecule has 0 aliphatic heterocycles. The molecule has 0 saturated carbocycles. The number of phenols is 1. The smallest absolute Gasteiger partial charge is 0.259 e. The lowest BCUT2D eigenvalue weighted by Gasteiger charge is -2.11. The lowest BCUT2D eigenvalue weighted by molar-refractivity contribution is 0.102. The number of carbonyl (C=O) groups excluding carboxylic acids is 1. The first-order valence-electron chi connectivity index (χ1n) is 6.49. The molecule has 0 saturated heterocycles. The number of para-hydroxylation sites is 1. The van der Waals surface area contributed by atoms with Crippen molar-refractivity contribution in [1.29, 1.82) is 0 Å². The number of carbonyl (C=O) groups is 1. The van der Waals surface area contributed by atoms with Gasteiger partial charge in [0.25, 0.3) is 5.91 Å². The van der Waals surface area contributed by atoms with Gasteiger partial charge in [-0.1, -0.05) is 31.5 Å². The largest absolute Gasteiger partial charge is 0.507 e. The summed E-state index contributed by atoms with van der Waals surface area (Å²) in [5.74, 6) is -1.40. The highest BCUT2D eigenvalue weighted by Crippen LogP contribution is 2.22. The fraction of sp³-hybridized carbons (Fsp3) is 0.188. The number of hydrogen-bond donors (Lipinski definition) is 2. The second-order valence-corrected chi connectivity index (χ2v) is 4.52. The first-order chi connectivity index (χ1) is 9.61. The van der Waals surface area contributed by atoms with Gasteiger partial charge in [-0.2, -0.15) is 0 Å². The number of rotatable bonds is 4. The third kappa shape index (κ3) is 3.15. The Hall–Kier alpha value is -2.36. The molecule has 0 heterocycles. The molecule has 0 unspecified atom stereocenters. The molecule has 0 atom stereocenters. The fourth-order valence-corrected chi connectivity index (χ4v) is 2.02. The van der Waals surface area contributed by atoms with Crippen molar-refractivity contribution in [3.05, 3.63) is 59.4 Å². The van der Waals surface area contributed by atoms with Gasteiger partial charge >= 0.3 is 0 Å². The predicted octanol–water partition coefficient (Wildman–Crippen LogP) is 3.74. The van der Waals surface area contributed by atoms with Gasteiger partial charge in [0.05, 0.1) is 5.56 Å². The summed E-state index contributed by atoms with van der Waals surface area (Å²) >= 11 is 0. The van der Waals surface area contributed by atoms with Crippen LogP contribution in [-0.2, 0) is 6.42 Å². The van der Waals surface area contributed by atoms with E-state index in [-0.39, 0.29) is 11.3 Å². The number of phenolic OH excluding ortho intramolecular Hbond substituents is 1. The molecular weight excluding hydrogens is 257 g/mol. The molecule has 2 rings (SSSR count). The second kappa shape index (κ2) is 6.19. The molecule has 0 bridgehead atoms. The maximum absolute atomic E-state index is 12.9. The van der Waals surface area contributed by atoms with Crippen molar-refractivity contribution in [3.63, 3.8) is 0 Å². The van der Waals surface area contributed by atoms with Crippen molar-refractivity contribution < 1.29 is 14.3 Å². The van der Waals surface area contributed by atoms with E-state index in [0.29, 0.717) is 5.69 Å². The van der Waals surface area contributed by atoms with E-state index < -0.39 is 11.7 Å². The Balaban J connectivity index is 2.23. The Kier molecular flexibility index (Phi) is 4.35. The van der Waals surface area contributed by atoms with E-state index in [9.17, 15) is 14.3 Å². The zero-order valence-corrected chi connectivity index (χ0v) is 11.2. The van der Waals surface area contributed by atoms with E-state index in [1.165, 1.54) is 6.07 Å². The summed E-state index contributed by atoms with van der Waals surface area (Å²) in [6, 6.07) is 10.8. The number of anilines is 1. The van der Waals surface area contributed by atoms with Crippen LogP contribution in [-0.4, -0.2) is 11.0 Å². The van der Waals surface area contributed by atoms with E-state index in [1.807, 2.05) is 24.3 Å². The number of aryl methyl sites for hydroxylation is 1. The average Bonchev–Trinajstić information content (AvgIpc) is 2.41. The highest BCUT2D eigenvalue weighted by molar-refractivity contribution is 6.06. The second-order valence-electron chi connectivity index (χ2n) is 4.52. The van der Waals surface area contributed by atoms with E-state index in [0.717, 1.165) is 30.5 Å². The van der Waals surface area contributed by atoms with E-state index in [4.69, 9.17) is 0 Å². The van der Waals surface area contributed by atoms with Crippen LogP contribution in [0.5, 0.6) is 5.75 Å². The Labute approximate surface area is 117 Å². The van der Waals surface area contributed by atoms with E-state index in [1.54, 1.807) is 0 Å². The summed E-state index contributed by atoms with van der Waals surface area (Å²) in [7, 11) is 0. The van der Waals surface area contributed by atoms with Gasteiger partial charge in [0.2, 0.25) is 0 Å². The van der Waals surface area contributed by atoms with Crippen LogP contribution in [0.4, 0.5) is 10.1 Å². The third-order valence-corrected chi connectivity index (χ3v) is 2.99. The molecule has 2 aromatic carbocycles. The number of amides is 1. The summed E-state index contributed by atoms with van der Waals surface area (Å²) in [6.45, 7) is 2.06. The van der Waals surface area contributed by atoms with Crippen molar-refractivity contribution in [2.75, 3.05) is 5.32 Å². The van der Waals surface area contributed by atoms with Crippen LogP contribution in [0.15, 0.2) is 42.5 Å². The maximum Gasteiger partial charge on any atom is 0.259 e. The molecule has 2 aromatic rings. The van der Waals surface area contributed by atoms with Gasteiger partial charge in [0.1, 0.15) is 11.6 Å². The first-order valence-corrected chi connectivity index (χ1v) is 6.49. The SMILES string of the molecule is CCCc1ccccc1NC(=O)c1ccc(F)cc1O. The summed E-state index contributed by atoms with van der Waals surface area (Å²) in [6.07, 6.45) is 1.82. The Bertz CT molecular complexity index is 626. The molecule has 0 aliphatic rings. The highest BCUT2D eigenvalue weighted by atomic mass is 19.1. The van der Waals surface area contributed by atoms with E-state index in [2.05, 4.69) is 12.2 Å². The van der Waals surface area contributed by atoms with Crippen molar-refractivity contribution in [3.8, 4) is 5.75 Å². The van der Waals surface area contributed by atoms with Crippen molar-refractivity contribution in [2.24, 2.45) is 0 Å². The van der Waals surface area contributed by atoms with Crippen LogP contribution in [0.3, 0.4) is 0 Å². The van der Waals surface area contributed by atoms with Crippen molar-refractivity contribution in [2.45, 2.75) is 19.8 Å². The van der Waals surface area contributed by atoms with Crippen LogP contribution in [0.2, 0.25) is 0 Å². The number of hydrogen-bond acceptors (Lipinski definition) is 2. The van der Waals surface area contributed by atoms with Crippen LogP contribution < -0.4 is 5.32 Å². The average molecular weight is 273 g/mol.